The van der Waals surface area contributed by atoms with Gasteiger partial charge in [-0.25, -0.2) is 0 Å². The molecule has 2 N–H and O–H groups in total. The molecule has 1 saturated carbocycles. The highest BCUT2D eigenvalue weighted by Crippen LogP contribution is 2.38. The maximum absolute atomic E-state index is 6.16. The van der Waals surface area contributed by atoms with E-state index in [0.717, 1.165) is 42.1 Å². The molecule has 4 heteroatoms. The van der Waals surface area contributed by atoms with E-state index in [1.165, 1.54) is 0 Å². The molecule has 1 aromatic carbocycles. The molecule has 100 valence electrons. The third-order valence-electron chi connectivity index (χ3n) is 3.55. The van der Waals surface area contributed by atoms with Gasteiger partial charge in [-0.1, -0.05) is 0 Å². The van der Waals surface area contributed by atoms with E-state index in [1.54, 1.807) is 14.2 Å². The van der Waals surface area contributed by atoms with Crippen LogP contribution in [0.3, 0.4) is 0 Å². The van der Waals surface area contributed by atoms with Crippen LogP contribution in [0.15, 0.2) is 12.1 Å². The normalized spacial score (nSPS) is 16.3. The number of rotatable bonds is 5. The minimum absolute atomic E-state index is 0.0160. The Morgan fingerprint density at radius 1 is 1.22 bits per heavy atom. The minimum atomic E-state index is -0.0160. The van der Waals surface area contributed by atoms with E-state index in [-0.39, 0.29) is 5.54 Å². The number of nitrogens with two attached hydrogens (primary N) is 1. The predicted molar refractivity (Wildman–Crippen MR) is 73.7 cm³/mol. The van der Waals surface area contributed by atoms with Gasteiger partial charge in [0.05, 0.1) is 19.9 Å². The topological polar surface area (TPSA) is 47.7 Å². The monoisotopic (exact) mass is 250 g/mol. The molecule has 0 aliphatic heterocycles. The molecular weight excluding hydrogens is 228 g/mol. The van der Waals surface area contributed by atoms with E-state index in [2.05, 4.69) is 4.90 Å². The summed E-state index contributed by atoms with van der Waals surface area (Å²) in [6.45, 7) is 2.85. The quantitative estimate of drug-likeness (QED) is 0.867. The van der Waals surface area contributed by atoms with Crippen LogP contribution in [0.25, 0.3) is 0 Å². The van der Waals surface area contributed by atoms with Crippen LogP contribution in [0.4, 0.5) is 5.69 Å². The highest BCUT2D eigenvalue weighted by Gasteiger charge is 2.39. The van der Waals surface area contributed by atoms with Crippen LogP contribution in [0, 0.1) is 6.92 Å². The molecule has 0 bridgehead atoms. The number of likely N-dealkylation sites (N-methyl/N-ethyl adjacent to an activating group) is 1. The lowest BCUT2D eigenvalue weighted by Gasteiger charge is -2.25. The zero-order chi connectivity index (χ0) is 13.3. The van der Waals surface area contributed by atoms with Gasteiger partial charge in [0, 0.05) is 25.2 Å². The van der Waals surface area contributed by atoms with Gasteiger partial charge in [0.15, 0.2) is 0 Å². The van der Waals surface area contributed by atoms with Gasteiger partial charge >= 0.3 is 0 Å². The molecular formula is C14H22N2O2. The molecule has 0 unspecified atom stereocenters. The molecule has 0 amide bonds. The molecule has 18 heavy (non-hydrogen) atoms. The number of methoxy groups -OCH3 is 2. The van der Waals surface area contributed by atoms with Crippen molar-refractivity contribution < 1.29 is 9.47 Å². The molecule has 1 fully saturated rings. The first kappa shape index (κ1) is 13.0. The molecule has 0 saturated heterocycles. The Bertz CT molecular complexity index is 442. The Balaban J connectivity index is 2.29. The van der Waals surface area contributed by atoms with Crippen LogP contribution < -0.4 is 20.1 Å². The van der Waals surface area contributed by atoms with Crippen molar-refractivity contribution >= 4 is 5.69 Å². The van der Waals surface area contributed by atoms with Crippen molar-refractivity contribution in [2.75, 3.05) is 32.7 Å². The van der Waals surface area contributed by atoms with Gasteiger partial charge < -0.3 is 20.1 Å². The van der Waals surface area contributed by atoms with Crippen LogP contribution in [-0.4, -0.2) is 33.4 Å². The van der Waals surface area contributed by atoms with Crippen molar-refractivity contribution in [2.24, 2.45) is 5.73 Å². The zero-order valence-corrected chi connectivity index (χ0v) is 11.6. The highest BCUT2D eigenvalue weighted by molar-refractivity contribution is 5.63. The van der Waals surface area contributed by atoms with Gasteiger partial charge in [0.1, 0.15) is 11.5 Å². The average Bonchev–Trinajstić information content (AvgIpc) is 3.06. The standard InChI is InChI=1S/C14H22N2O2/c1-10-7-13(18-4)11(8-12(10)17-3)16(2)9-14(15)5-6-14/h7-8H,5-6,9,15H2,1-4H3. The van der Waals surface area contributed by atoms with Crippen LogP contribution >= 0.6 is 0 Å². The number of hydrogen-bond donors (Lipinski definition) is 1. The minimum Gasteiger partial charge on any atom is -0.496 e. The van der Waals surface area contributed by atoms with Crippen molar-refractivity contribution in [3.8, 4) is 11.5 Å². The number of ether oxygens (including phenoxy) is 2. The Morgan fingerprint density at radius 3 is 2.33 bits per heavy atom. The number of benzene rings is 1. The van der Waals surface area contributed by atoms with Crippen LogP contribution in [0.2, 0.25) is 0 Å². The molecule has 0 radical (unpaired) electrons. The van der Waals surface area contributed by atoms with Gasteiger partial charge in [0.2, 0.25) is 0 Å². The molecule has 1 aliphatic rings. The summed E-state index contributed by atoms with van der Waals surface area (Å²) in [5.41, 5.74) is 8.24. The Labute approximate surface area is 109 Å². The number of nitrogens with zero attached hydrogens (tertiary/aromatic N) is 1. The summed E-state index contributed by atoms with van der Waals surface area (Å²) in [7, 11) is 5.41. The molecule has 0 heterocycles. The molecule has 0 spiro atoms. The summed E-state index contributed by atoms with van der Waals surface area (Å²) in [5, 5.41) is 0. The van der Waals surface area contributed by atoms with E-state index < -0.39 is 0 Å². The highest BCUT2D eigenvalue weighted by atomic mass is 16.5. The van der Waals surface area contributed by atoms with E-state index in [4.69, 9.17) is 15.2 Å². The Morgan fingerprint density at radius 2 is 1.83 bits per heavy atom. The summed E-state index contributed by atoms with van der Waals surface area (Å²) < 4.78 is 10.8. The number of aryl methyl sites for hydroxylation is 1. The van der Waals surface area contributed by atoms with E-state index >= 15 is 0 Å². The molecule has 1 aromatic rings. The Kier molecular flexibility index (Phi) is 3.39. The third-order valence-corrected chi connectivity index (χ3v) is 3.55. The van der Waals surface area contributed by atoms with Gasteiger partial charge in [-0.15, -0.1) is 0 Å². The predicted octanol–water partition coefficient (Wildman–Crippen LogP) is 1.94. The molecule has 0 aromatic heterocycles. The maximum Gasteiger partial charge on any atom is 0.142 e. The molecule has 0 atom stereocenters. The summed E-state index contributed by atoms with van der Waals surface area (Å²) in [5.74, 6) is 1.74. The largest absolute Gasteiger partial charge is 0.496 e. The lowest BCUT2D eigenvalue weighted by molar-refractivity contribution is 0.400. The second kappa shape index (κ2) is 4.69. The third kappa shape index (κ3) is 2.53. The van der Waals surface area contributed by atoms with Crippen LogP contribution in [0.5, 0.6) is 11.5 Å². The fourth-order valence-corrected chi connectivity index (χ4v) is 2.21. The maximum atomic E-state index is 6.16. The van der Waals surface area contributed by atoms with E-state index in [0.29, 0.717) is 0 Å². The SMILES string of the molecule is COc1cc(N(C)CC2(N)CC2)c(OC)cc1C. The van der Waals surface area contributed by atoms with Crippen molar-refractivity contribution in [3.05, 3.63) is 17.7 Å². The zero-order valence-electron chi connectivity index (χ0n) is 11.6. The van der Waals surface area contributed by atoms with E-state index in [1.807, 2.05) is 26.1 Å². The van der Waals surface area contributed by atoms with Gasteiger partial charge in [-0.2, -0.15) is 0 Å². The summed E-state index contributed by atoms with van der Waals surface area (Å²) in [6.07, 6.45) is 2.20. The molecule has 2 rings (SSSR count). The van der Waals surface area contributed by atoms with Crippen molar-refractivity contribution in [1.29, 1.82) is 0 Å². The fourth-order valence-electron chi connectivity index (χ4n) is 2.21. The second-order valence-electron chi connectivity index (χ2n) is 5.21. The van der Waals surface area contributed by atoms with Gasteiger partial charge in [0.25, 0.3) is 0 Å². The fraction of sp³-hybridized carbons (Fsp3) is 0.571. The van der Waals surface area contributed by atoms with Crippen molar-refractivity contribution in [3.63, 3.8) is 0 Å². The van der Waals surface area contributed by atoms with Crippen molar-refractivity contribution in [2.45, 2.75) is 25.3 Å². The van der Waals surface area contributed by atoms with Crippen molar-refractivity contribution in [1.82, 2.24) is 0 Å². The van der Waals surface area contributed by atoms with Gasteiger partial charge in [-0.3, -0.25) is 0 Å². The van der Waals surface area contributed by atoms with Crippen LogP contribution in [0.1, 0.15) is 18.4 Å². The summed E-state index contributed by atoms with van der Waals surface area (Å²) in [4.78, 5) is 2.15. The molecule has 1 aliphatic carbocycles. The molecule has 4 nitrogen and oxygen atoms in total. The first-order valence-corrected chi connectivity index (χ1v) is 6.22. The first-order chi connectivity index (χ1) is 8.49. The Hall–Kier alpha value is -1.42. The summed E-state index contributed by atoms with van der Waals surface area (Å²) >= 11 is 0. The number of anilines is 1. The smallest absolute Gasteiger partial charge is 0.142 e. The van der Waals surface area contributed by atoms with Gasteiger partial charge in [-0.05, 0) is 31.4 Å². The first-order valence-electron chi connectivity index (χ1n) is 6.22. The van der Waals surface area contributed by atoms with Crippen LogP contribution in [-0.2, 0) is 0 Å². The second-order valence-corrected chi connectivity index (χ2v) is 5.21. The lowest BCUT2D eigenvalue weighted by atomic mass is 10.1. The summed E-state index contributed by atoms with van der Waals surface area (Å²) in [6, 6.07) is 4.01. The number of hydrogen-bond acceptors (Lipinski definition) is 4. The van der Waals surface area contributed by atoms with E-state index in [9.17, 15) is 0 Å². The lowest BCUT2D eigenvalue weighted by Crippen LogP contribution is -2.37. The average molecular weight is 250 g/mol.